The second-order valence-electron chi connectivity index (χ2n) is 15.5. The molecule has 0 aliphatic rings. The predicted octanol–water partition coefficient (Wildman–Crippen LogP) is 14.8. The summed E-state index contributed by atoms with van der Waals surface area (Å²) in [6, 6.07) is 71.8. The fourth-order valence-electron chi connectivity index (χ4n) is 9.78. The molecule has 0 bridgehead atoms. The van der Waals surface area contributed by atoms with Gasteiger partial charge in [0.05, 0.1) is 33.3 Å². The summed E-state index contributed by atoms with van der Waals surface area (Å²) in [4.78, 5) is 5.23. The molecule has 274 valence electrons. The number of fused-ring (bicyclic) bond motifs is 13. The number of rotatable bonds is 4. The first kappa shape index (κ1) is 32.2. The van der Waals surface area contributed by atoms with Gasteiger partial charge in [0.15, 0.2) is 0 Å². The Morgan fingerprint density at radius 1 is 0.356 bits per heavy atom. The van der Waals surface area contributed by atoms with E-state index in [-0.39, 0.29) is 0 Å². The standard InChI is InChI=1S/C55H33N3O/c1-2-15-34(16-3-1)54-44-29-30-51-53(52(44)43-21-4-9-24-46(43)56-54)45-23-14-22-38(55(45)59-51)35-31-36(57-47-25-10-5-17-39(47)40-18-6-11-26-48(40)57)33-37(32-35)58-49-27-12-7-19-41(49)42-20-8-13-28-50(42)58/h1-33H. The first-order valence-corrected chi connectivity index (χ1v) is 20.1. The quantitative estimate of drug-likeness (QED) is 0.168. The Kier molecular flexibility index (Phi) is 6.69. The number of para-hydroxylation sites is 6. The summed E-state index contributed by atoms with van der Waals surface area (Å²) < 4.78 is 11.9. The molecule has 0 spiro atoms. The molecule has 0 saturated carbocycles. The maximum absolute atomic E-state index is 7.05. The van der Waals surface area contributed by atoms with Gasteiger partial charge >= 0.3 is 0 Å². The monoisotopic (exact) mass is 751 g/mol. The fraction of sp³-hybridized carbons (Fsp3) is 0. The van der Waals surface area contributed by atoms with Crippen LogP contribution in [0.4, 0.5) is 0 Å². The number of hydrogen-bond acceptors (Lipinski definition) is 2. The molecule has 13 rings (SSSR count). The summed E-state index contributed by atoms with van der Waals surface area (Å²) in [6.45, 7) is 0. The minimum atomic E-state index is 0.858. The molecule has 9 aromatic carbocycles. The van der Waals surface area contributed by atoms with Crippen molar-refractivity contribution in [3.63, 3.8) is 0 Å². The van der Waals surface area contributed by atoms with Crippen LogP contribution in [0.15, 0.2) is 205 Å². The van der Waals surface area contributed by atoms with E-state index in [1.165, 1.54) is 43.6 Å². The van der Waals surface area contributed by atoms with Crippen molar-refractivity contribution in [3.05, 3.63) is 200 Å². The van der Waals surface area contributed by atoms with E-state index in [0.29, 0.717) is 0 Å². The van der Waals surface area contributed by atoms with Crippen LogP contribution in [0.1, 0.15) is 0 Å². The summed E-state index contributed by atoms with van der Waals surface area (Å²) in [7, 11) is 0. The molecule has 4 heteroatoms. The minimum absolute atomic E-state index is 0.858. The van der Waals surface area contributed by atoms with Crippen molar-refractivity contribution in [2.75, 3.05) is 0 Å². The van der Waals surface area contributed by atoms with E-state index in [2.05, 4.69) is 209 Å². The van der Waals surface area contributed by atoms with Crippen LogP contribution < -0.4 is 0 Å². The van der Waals surface area contributed by atoms with Crippen molar-refractivity contribution < 1.29 is 4.42 Å². The first-order valence-electron chi connectivity index (χ1n) is 20.1. The largest absolute Gasteiger partial charge is 0.455 e. The van der Waals surface area contributed by atoms with E-state index in [9.17, 15) is 0 Å². The smallest absolute Gasteiger partial charge is 0.143 e. The van der Waals surface area contributed by atoms with Crippen LogP contribution in [-0.4, -0.2) is 14.1 Å². The molecule has 0 aliphatic carbocycles. The number of furan rings is 1. The predicted molar refractivity (Wildman–Crippen MR) is 246 cm³/mol. The van der Waals surface area contributed by atoms with Gasteiger partial charge < -0.3 is 13.6 Å². The van der Waals surface area contributed by atoms with Gasteiger partial charge in [0.25, 0.3) is 0 Å². The highest BCUT2D eigenvalue weighted by atomic mass is 16.3. The average molecular weight is 752 g/mol. The van der Waals surface area contributed by atoms with Crippen LogP contribution in [0.2, 0.25) is 0 Å². The molecule has 0 aliphatic heterocycles. The van der Waals surface area contributed by atoms with Gasteiger partial charge in [0, 0.05) is 71.0 Å². The summed E-state index contributed by atoms with van der Waals surface area (Å²) in [5.74, 6) is 0. The number of nitrogens with zero attached hydrogens (tertiary/aromatic N) is 3. The Labute approximate surface area is 338 Å². The van der Waals surface area contributed by atoms with Crippen molar-refractivity contribution >= 4 is 87.2 Å². The first-order chi connectivity index (χ1) is 29.3. The van der Waals surface area contributed by atoms with Gasteiger partial charge in [-0.25, -0.2) is 4.98 Å². The maximum atomic E-state index is 7.05. The molecule has 4 heterocycles. The van der Waals surface area contributed by atoms with Crippen LogP contribution in [0.3, 0.4) is 0 Å². The van der Waals surface area contributed by atoms with Crippen LogP contribution in [0.25, 0.3) is 121 Å². The Bertz CT molecular complexity index is 3610. The summed E-state index contributed by atoms with van der Waals surface area (Å²) in [5.41, 5.74) is 13.7. The van der Waals surface area contributed by atoms with E-state index in [1.807, 2.05) is 0 Å². The van der Waals surface area contributed by atoms with Crippen LogP contribution in [0.5, 0.6) is 0 Å². The lowest BCUT2D eigenvalue weighted by Gasteiger charge is -2.16. The topological polar surface area (TPSA) is 35.9 Å². The SMILES string of the molecule is c1ccc(-c2nc3ccccc3c3c2ccc2oc4c(-c5cc(-n6c7ccccc7c7ccccc76)cc(-n6c7ccccc7c7ccccc76)c5)cccc4c23)cc1. The minimum Gasteiger partial charge on any atom is -0.455 e. The van der Waals surface area contributed by atoms with Gasteiger partial charge in [-0.2, -0.15) is 0 Å². The Morgan fingerprint density at radius 3 is 1.46 bits per heavy atom. The van der Waals surface area contributed by atoms with E-state index in [0.717, 1.165) is 77.4 Å². The van der Waals surface area contributed by atoms with Gasteiger partial charge in [-0.3, -0.25) is 0 Å². The van der Waals surface area contributed by atoms with Crippen molar-refractivity contribution in [1.82, 2.24) is 14.1 Å². The normalized spacial score (nSPS) is 12.1. The van der Waals surface area contributed by atoms with E-state index < -0.39 is 0 Å². The number of benzene rings is 9. The van der Waals surface area contributed by atoms with E-state index in [4.69, 9.17) is 9.40 Å². The third-order valence-corrected chi connectivity index (χ3v) is 12.3. The van der Waals surface area contributed by atoms with Gasteiger partial charge in [-0.05, 0) is 66.2 Å². The Balaban J connectivity index is 1.14. The highest BCUT2D eigenvalue weighted by Gasteiger charge is 2.22. The molecule has 0 saturated heterocycles. The summed E-state index contributed by atoms with van der Waals surface area (Å²) >= 11 is 0. The molecule has 4 aromatic heterocycles. The summed E-state index contributed by atoms with van der Waals surface area (Å²) in [5, 5.41) is 10.5. The molecule has 0 unspecified atom stereocenters. The molecule has 0 fully saturated rings. The van der Waals surface area contributed by atoms with Gasteiger partial charge in [0.1, 0.15) is 11.2 Å². The van der Waals surface area contributed by atoms with Crippen molar-refractivity contribution in [3.8, 4) is 33.8 Å². The van der Waals surface area contributed by atoms with Crippen molar-refractivity contribution in [2.24, 2.45) is 0 Å². The molecule has 59 heavy (non-hydrogen) atoms. The third-order valence-electron chi connectivity index (χ3n) is 12.3. The highest BCUT2D eigenvalue weighted by molar-refractivity contribution is 6.29. The molecule has 4 nitrogen and oxygen atoms in total. The molecule has 0 N–H and O–H groups in total. The number of hydrogen-bond donors (Lipinski definition) is 0. The zero-order chi connectivity index (χ0) is 38.6. The zero-order valence-electron chi connectivity index (χ0n) is 31.8. The lowest BCUT2D eigenvalue weighted by Crippen LogP contribution is -2.00. The van der Waals surface area contributed by atoms with Gasteiger partial charge in [-0.1, -0.05) is 140 Å². The van der Waals surface area contributed by atoms with Crippen molar-refractivity contribution in [1.29, 1.82) is 0 Å². The number of aromatic nitrogens is 3. The number of pyridine rings is 1. The lowest BCUT2D eigenvalue weighted by atomic mass is 9.95. The fourth-order valence-corrected chi connectivity index (χ4v) is 9.78. The second kappa shape index (κ2) is 12.3. The van der Waals surface area contributed by atoms with E-state index >= 15 is 0 Å². The van der Waals surface area contributed by atoms with Gasteiger partial charge in [-0.15, -0.1) is 0 Å². The zero-order valence-corrected chi connectivity index (χ0v) is 31.8. The maximum Gasteiger partial charge on any atom is 0.143 e. The second-order valence-corrected chi connectivity index (χ2v) is 15.5. The van der Waals surface area contributed by atoms with Crippen LogP contribution >= 0.6 is 0 Å². The van der Waals surface area contributed by atoms with Crippen LogP contribution in [-0.2, 0) is 0 Å². The molecule has 0 radical (unpaired) electrons. The van der Waals surface area contributed by atoms with Crippen molar-refractivity contribution in [2.45, 2.75) is 0 Å². The van der Waals surface area contributed by atoms with Gasteiger partial charge in [0.2, 0.25) is 0 Å². The lowest BCUT2D eigenvalue weighted by molar-refractivity contribution is 0.670. The van der Waals surface area contributed by atoms with E-state index in [1.54, 1.807) is 0 Å². The molecule has 13 aromatic rings. The molecule has 0 atom stereocenters. The summed E-state index contributed by atoms with van der Waals surface area (Å²) in [6.07, 6.45) is 0. The molecule has 0 amide bonds. The highest BCUT2D eigenvalue weighted by Crippen LogP contribution is 2.45. The molecular formula is C55H33N3O. The third kappa shape index (κ3) is 4.63. The molecular weight excluding hydrogens is 719 g/mol. The Morgan fingerprint density at radius 2 is 0.864 bits per heavy atom. The average Bonchev–Trinajstić information content (AvgIpc) is 3.97. The Hall–Kier alpha value is -7.95. The van der Waals surface area contributed by atoms with Crippen LogP contribution in [0, 0.1) is 0 Å².